The first kappa shape index (κ1) is 20.9. The molecule has 3 atom stereocenters. The molecule has 0 spiro atoms. The second-order valence-electron chi connectivity index (χ2n) is 7.34. The third-order valence-corrected chi connectivity index (χ3v) is 5.55. The molecule has 0 aliphatic carbocycles. The van der Waals surface area contributed by atoms with Crippen molar-refractivity contribution in [3.8, 4) is 11.1 Å². The first-order valence-corrected chi connectivity index (χ1v) is 9.90. The lowest BCUT2D eigenvalue weighted by molar-refractivity contribution is -0.137. The summed E-state index contributed by atoms with van der Waals surface area (Å²) < 4.78 is 0. The summed E-state index contributed by atoms with van der Waals surface area (Å²) in [6, 6.07) is 16.2. The molecule has 0 aliphatic heterocycles. The first-order chi connectivity index (χ1) is 12.9. The monoisotopic (exact) mass is 365 g/mol. The molecule has 0 bridgehead atoms. The van der Waals surface area contributed by atoms with Gasteiger partial charge in [0.2, 0.25) is 5.91 Å². The number of amides is 1. The average molecular weight is 366 g/mol. The number of rotatable bonds is 8. The number of hydrogen-bond acceptors (Lipinski definition) is 2. The highest BCUT2D eigenvalue weighted by atomic mass is 16.2. The fourth-order valence-electron chi connectivity index (χ4n) is 3.35. The smallest absolute Gasteiger partial charge is 0.230 e. The SMILES string of the molecule is CCC(C)N(C(=O)C(C)c1ccc(-c2ccc(C=O)cc2)cc1)C(C)CC. The molecule has 1 amide bonds. The summed E-state index contributed by atoms with van der Waals surface area (Å²) in [6.07, 6.45) is 2.76. The van der Waals surface area contributed by atoms with E-state index in [0.717, 1.165) is 35.8 Å². The summed E-state index contributed by atoms with van der Waals surface area (Å²) in [5.74, 6) is 0.0290. The summed E-state index contributed by atoms with van der Waals surface area (Å²) in [7, 11) is 0. The van der Waals surface area contributed by atoms with Crippen molar-refractivity contribution in [3.63, 3.8) is 0 Å². The Labute approximate surface area is 163 Å². The Hall–Kier alpha value is -2.42. The molecule has 0 N–H and O–H groups in total. The number of nitrogens with zero attached hydrogens (tertiary/aromatic N) is 1. The van der Waals surface area contributed by atoms with Gasteiger partial charge in [0.15, 0.2) is 0 Å². The summed E-state index contributed by atoms with van der Waals surface area (Å²) in [5.41, 5.74) is 3.85. The van der Waals surface area contributed by atoms with E-state index in [9.17, 15) is 9.59 Å². The number of benzene rings is 2. The molecule has 0 heterocycles. The molecule has 2 rings (SSSR count). The molecule has 3 nitrogen and oxygen atoms in total. The second kappa shape index (κ2) is 9.50. The van der Waals surface area contributed by atoms with Crippen LogP contribution in [-0.4, -0.2) is 29.2 Å². The summed E-state index contributed by atoms with van der Waals surface area (Å²) in [6.45, 7) is 10.5. The van der Waals surface area contributed by atoms with Crippen molar-refractivity contribution in [1.29, 1.82) is 0 Å². The molecule has 3 unspecified atom stereocenters. The standard InChI is InChI=1S/C24H31NO2/c1-6-17(3)25(18(4)7-2)24(27)19(5)21-12-14-23(15-13-21)22-10-8-20(16-26)9-11-22/h8-19H,6-7H2,1-5H3. The minimum Gasteiger partial charge on any atom is -0.337 e. The van der Waals surface area contributed by atoms with Crippen LogP contribution in [0.4, 0.5) is 0 Å². The summed E-state index contributed by atoms with van der Waals surface area (Å²) >= 11 is 0. The van der Waals surface area contributed by atoms with E-state index < -0.39 is 0 Å². The molecule has 0 radical (unpaired) electrons. The van der Waals surface area contributed by atoms with Gasteiger partial charge in [-0.15, -0.1) is 0 Å². The van der Waals surface area contributed by atoms with Gasteiger partial charge < -0.3 is 4.90 Å². The van der Waals surface area contributed by atoms with Crippen molar-refractivity contribution in [1.82, 2.24) is 4.90 Å². The molecule has 0 fully saturated rings. The Morgan fingerprint density at radius 1 is 0.852 bits per heavy atom. The van der Waals surface area contributed by atoms with Crippen molar-refractivity contribution in [3.05, 3.63) is 59.7 Å². The lowest BCUT2D eigenvalue weighted by Crippen LogP contribution is -2.46. The molecular weight excluding hydrogens is 334 g/mol. The quantitative estimate of drug-likeness (QED) is 0.563. The molecular formula is C24H31NO2. The lowest BCUT2D eigenvalue weighted by Gasteiger charge is -2.36. The Kier molecular flexibility index (Phi) is 7.35. The van der Waals surface area contributed by atoms with Gasteiger partial charge in [-0.2, -0.15) is 0 Å². The highest BCUT2D eigenvalue weighted by molar-refractivity contribution is 5.84. The minimum absolute atomic E-state index is 0.167. The van der Waals surface area contributed by atoms with E-state index in [0.29, 0.717) is 5.56 Å². The Balaban J connectivity index is 2.21. The van der Waals surface area contributed by atoms with Crippen molar-refractivity contribution < 1.29 is 9.59 Å². The highest BCUT2D eigenvalue weighted by Crippen LogP contribution is 2.26. The third kappa shape index (κ3) is 4.85. The zero-order chi connectivity index (χ0) is 20.0. The van der Waals surface area contributed by atoms with Crippen LogP contribution >= 0.6 is 0 Å². The first-order valence-electron chi connectivity index (χ1n) is 9.90. The van der Waals surface area contributed by atoms with Gasteiger partial charge in [-0.25, -0.2) is 0 Å². The van der Waals surface area contributed by atoms with Gasteiger partial charge in [0.25, 0.3) is 0 Å². The van der Waals surface area contributed by atoms with Gasteiger partial charge in [0, 0.05) is 17.6 Å². The summed E-state index contributed by atoms with van der Waals surface area (Å²) in [4.78, 5) is 26.0. The topological polar surface area (TPSA) is 37.4 Å². The van der Waals surface area contributed by atoms with Crippen LogP contribution < -0.4 is 0 Å². The van der Waals surface area contributed by atoms with Gasteiger partial charge in [-0.05, 0) is 50.3 Å². The Morgan fingerprint density at radius 2 is 1.30 bits per heavy atom. The molecule has 0 aromatic heterocycles. The lowest BCUT2D eigenvalue weighted by atomic mass is 9.95. The largest absolute Gasteiger partial charge is 0.337 e. The van der Waals surface area contributed by atoms with Crippen LogP contribution in [0.2, 0.25) is 0 Å². The van der Waals surface area contributed by atoms with Gasteiger partial charge in [0.05, 0.1) is 5.92 Å². The molecule has 144 valence electrons. The summed E-state index contributed by atoms with van der Waals surface area (Å²) in [5, 5.41) is 0. The molecule has 2 aromatic carbocycles. The number of hydrogen-bond donors (Lipinski definition) is 0. The van der Waals surface area contributed by atoms with Crippen LogP contribution in [0.1, 0.15) is 69.3 Å². The maximum Gasteiger partial charge on any atom is 0.230 e. The minimum atomic E-state index is -0.167. The maximum absolute atomic E-state index is 13.2. The van der Waals surface area contributed by atoms with E-state index in [1.807, 2.05) is 55.5 Å². The van der Waals surface area contributed by atoms with Crippen LogP contribution in [0.25, 0.3) is 11.1 Å². The van der Waals surface area contributed by atoms with Crippen molar-refractivity contribution in [2.75, 3.05) is 0 Å². The maximum atomic E-state index is 13.2. The zero-order valence-electron chi connectivity index (χ0n) is 17.1. The average Bonchev–Trinajstić information content (AvgIpc) is 2.73. The highest BCUT2D eigenvalue weighted by Gasteiger charge is 2.28. The van der Waals surface area contributed by atoms with Gasteiger partial charge >= 0.3 is 0 Å². The van der Waals surface area contributed by atoms with E-state index in [1.54, 1.807) is 0 Å². The predicted molar refractivity (Wildman–Crippen MR) is 112 cm³/mol. The number of carbonyl (C=O) groups is 2. The van der Waals surface area contributed by atoms with Crippen molar-refractivity contribution in [2.45, 2.75) is 65.5 Å². The molecule has 3 heteroatoms. The predicted octanol–water partition coefficient (Wildman–Crippen LogP) is 5.70. The van der Waals surface area contributed by atoms with Crippen LogP contribution in [0.15, 0.2) is 48.5 Å². The van der Waals surface area contributed by atoms with Crippen LogP contribution in [0.5, 0.6) is 0 Å². The van der Waals surface area contributed by atoms with Crippen LogP contribution in [0, 0.1) is 0 Å². The molecule has 0 saturated carbocycles. The van der Waals surface area contributed by atoms with Crippen LogP contribution in [-0.2, 0) is 4.79 Å². The second-order valence-corrected chi connectivity index (χ2v) is 7.34. The third-order valence-electron chi connectivity index (χ3n) is 5.55. The van der Waals surface area contributed by atoms with Gasteiger partial charge in [0.1, 0.15) is 6.29 Å². The van der Waals surface area contributed by atoms with E-state index >= 15 is 0 Å². The fourth-order valence-corrected chi connectivity index (χ4v) is 3.35. The van der Waals surface area contributed by atoms with E-state index in [4.69, 9.17) is 0 Å². The molecule has 27 heavy (non-hydrogen) atoms. The molecule has 0 saturated heterocycles. The van der Waals surface area contributed by atoms with Crippen molar-refractivity contribution >= 4 is 12.2 Å². The Morgan fingerprint density at radius 3 is 1.70 bits per heavy atom. The zero-order valence-corrected chi connectivity index (χ0v) is 17.1. The fraction of sp³-hybridized carbons (Fsp3) is 0.417. The number of carbonyl (C=O) groups excluding carboxylic acids is 2. The van der Waals surface area contributed by atoms with E-state index in [-0.39, 0.29) is 23.9 Å². The normalized spacial score (nSPS) is 14.3. The van der Waals surface area contributed by atoms with Gasteiger partial charge in [-0.1, -0.05) is 62.4 Å². The Bertz CT molecular complexity index is 739. The van der Waals surface area contributed by atoms with Crippen LogP contribution in [0.3, 0.4) is 0 Å². The van der Waals surface area contributed by atoms with E-state index in [1.165, 1.54) is 0 Å². The number of aldehydes is 1. The van der Waals surface area contributed by atoms with Crippen molar-refractivity contribution in [2.24, 2.45) is 0 Å². The molecule has 2 aromatic rings. The van der Waals surface area contributed by atoms with E-state index in [2.05, 4.69) is 32.6 Å². The molecule has 0 aliphatic rings. The van der Waals surface area contributed by atoms with Gasteiger partial charge in [-0.3, -0.25) is 9.59 Å².